The van der Waals surface area contributed by atoms with Crippen molar-refractivity contribution >= 4 is 5.91 Å². The number of amides is 1. The second kappa shape index (κ2) is 7.25. The molecule has 3 aromatic rings. The van der Waals surface area contributed by atoms with Gasteiger partial charge in [0, 0.05) is 24.8 Å². The van der Waals surface area contributed by atoms with Crippen molar-refractivity contribution in [2.75, 3.05) is 20.3 Å². The first-order valence-corrected chi connectivity index (χ1v) is 9.40. The molecule has 29 heavy (non-hydrogen) atoms. The van der Waals surface area contributed by atoms with Crippen LogP contribution in [-0.2, 0) is 4.74 Å². The topological polar surface area (TPSA) is 98.7 Å². The molecule has 0 bridgehead atoms. The van der Waals surface area contributed by atoms with Gasteiger partial charge in [0.25, 0.3) is 5.91 Å². The van der Waals surface area contributed by atoms with Gasteiger partial charge in [-0.25, -0.2) is 0 Å². The lowest BCUT2D eigenvalue weighted by atomic mass is 9.93. The standard InChI is InChI=1S/C22H23N3O4/c1-12-9-13(2)17(16(27)10-12)19-18-20(24-23-19)22(28)25(7-8-29-3)21(18)14-5-4-6-15(26)11-14/h4-6,9-11,21,26-27H,7-8H2,1-3H3,(H,23,24)/t21-/m1/s1. The van der Waals surface area contributed by atoms with E-state index in [0.717, 1.165) is 16.7 Å². The Morgan fingerprint density at radius 1 is 1.21 bits per heavy atom. The van der Waals surface area contributed by atoms with E-state index in [9.17, 15) is 15.0 Å². The van der Waals surface area contributed by atoms with Crippen LogP contribution in [0.5, 0.6) is 11.5 Å². The number of aromatic amines is 1. The summed E-state index contributed by atoms with van der Waals surface area (Å²) in [4.78, 5) is 14.8. The molecule has 150 valence electrons. The number of aromatic nitrogens is 2. The minimum Gasteiger partial charge on any atom is -0.508 e. The molecule has 1 aromatic heterocycles. The summed E-state index contributed by atoms with van der Waals surface area (Å²) in [6, 6.07) is 10.1. The largest absolute Gasteiger partial charge is 0.508 e. The van der Waals surface area contributed by atoms with Crippen LogP contribution in [0, 0.1) is 13.8 Å². The van der Waals surface area contributed by atoms with Gasteiger partial charge in [-0.05, 0) is 48.7 Å². The molecule has 4 rings (SSSR count). The SMILES string of the molecule is COCCN1C(=O)c2[nH]nc(-c3c(C)cc(C)cc3O)c2[C@H]1c1cccc(O)c1. The molecule has 0 spiro atoms. The average Bonchev–Trinajstić information content (AvgIpc) is 3.19. The lowest BCUT2D eigenvalue weighted by Crippen LogP contribution is -2.32. The summed E-state index contributed by atoms with van der Waals surface area (Å²) in [7, 11) is 1.59. The van der Waals surface area contributed by atoms with E-state index in [-0.39, 0.29) is 17.4 Å². The van der Waals surface area contributed by atoms with Crippen molar-refractivity contribution in [3.63, 3.8) is 0 Å². The third-order valence-electron chi connectivity index (χ3n) is 5.28. The van der Waals surface area contributed by atoms with E-state index in [1.54, 1.807) is 36.3 Å². The third kappa shape index (κ3) is 3.13. The van der Waals surface area contributed by atoms with E-state index >= 15 is 0 Å². The van der Waals surface area contributed by atoms with Crippen molar-refractivity contribution in [1.82, 2.24) is 15.1 Å². The van der Waals surface area contributed by atoms with Crippen LogP contribution in [0.4, 0.5) is 0 Å². The van der Waals surface area contributed by atoms with E-state index in [4.69, 9.17) is 4.74 Å². The van der Waals surface area contributed by atoms with E-state index in [2.05, 4.69) is 10.2 Å². The summed E-state index contributed by atoms with van der Waals surface area (Å²) in [5, 5.41) is 27.9. The quantitative estimate of drug-likeness (QED) is 0.618. The van der Waals surface area contributed by atoms with Gasteiger partial charge in [-0.2, -0.15) is 5.10 Å². The van der Waals surface area contributed by atoms with Gasteiger partial charge < -0.3 is 19.8 Å². The van der Waals surface area contributed by atoms with Crippen LogP contribution in [0.25, 0.3) is 11.3 Å². The van der Waals surface area contributed by atoms with Crippen LogP contribution >= 0.6 is 0 Å². The summed E-state index contributed by atoms with van der Waals surface area (Å²) < 4.78 is 5.19. The van der Waals surface area contributed by atoms with Crippen LogP contribution < -0.4 is 0 Å². The predicted octanol–water partition coefficient (Wildman–Crippen LogP) is 3.30. The van der Waals surface area contributed by atoms with E-state index in [0.29, 0.717) is 35.7 Å². The molecule has 0 fully saturated rings. The second-order valence-corrected chi connectivity index (χ2v) is 7.33. The molecular weight excluding hydrogens is 370 g/mol. The molecule has 7 nitrogen and oxygen atoms in total. The Balaban J connectivity index is 1.92. The number of carbonyl (C=O) groups is 1. The van der Waals surface area contributed by atoms with E-state index < -0.39 is 6.04 Å². The van der Waals surface area contributed by atoms with Crippen molar-refractivity contribution in [1.29, 1.82) is 0 Å². The number of phenols is 2. The van der Waals surface area contributed by atoms with E-state index in [1.165, 1.54) is 0 Å². The van der Waals surface area contributed by atoms with Crippen molar-refractivity contribution < 1.29 is 19.7 Å². The lowest BCUT2D eigenvalue weighted by Gasteiger charge is -2.26. The zero-order valence-electron chi connectivity index (χ0n) is 16.6. The Morgan fingerprint density at radius 3 is 2.69 bits per heavy atom. The number of nitrogens with zero attached hydrogens (tertiary/aromatic N) is 2. The number of carbonyl (C=O) groups excluding carboxylic acids is 1. The summed E-state index contributed by atoms with van der Waals surface area (Å²) in [5.41, 5.74) is 4.80. The second-order valence-electron chi connectivity index (χ2n) is 7.33. The fourth-order valence-electron chi connectivity index (χ4n) is 4.10. The van der Waals surface area contributed by atoms with Gasteiger partial charge in [-0.15, -0.1) is 0 Å². The van der Waals surface area contributed by atoms with Gasteiger partial charge >= 0.3 is 0 Å². The number of hydrogen-bond acceptors (Lipinski definition) is 5. The minimum absolute atomic E-state index is 0.120. The van der Waals surface area contributed by atoms with Crippen LogP contribution in [0.3, 0.4) is 0 Å². The maximum Gasteiger partial charge on any atom is 0.273 e. The molecule has 0 radical (unpaired) electrons. The molecular formula is C22H23N3O4. The molecule has 2 heterocycles. The highest BCUT2D eigenvalue weighted by Gasteiger charge is 2.42. The Labute approximate surface area is 168 Å². The molecule has 1 atom stereocenters. The summed E-state index contributed by atoms with van der Waals surface area (Å²) in [6.45, 7) is 4.59. The number of phenolic OH excluding ortho intramolecular Hbond substituents is 2. The number of fused-ring (bicyclic) bond motifs is 1. The van der Waals surface area contributed by atoms with Gasteiger partial charge in [-0.3, -0.25) is 9.89 Å². The van der Waals surface area contributed by atoms with E-state index in [1.807, 2.05) is 26.0 Å². The van der Waals surface area contributed by atoms with Crippen molar-refractivity contribution in [3.8, 4) is 22.8 Å². The fraction of sp³-hybridized carbons (Fsp3) is 0.273. The molecule has 7 heteroatoms. The number of benzene rings is 2. The molecule has 1 aliphatic heterocycles. The van der Waals surface area contributed by atoms with Gasteiger partial charge in [0.05, 0.1) is 12.6 Å². The van der Waals surface area contributed by atoms with Crippen LogP contribution in [-0.4, -0.2) is 51.5 Å². The van der Waals surface area contributed by atoms with Crippen molar-refractivity contribution in [2.45, 2.75) is 19.9 Å². The highest BCUT2D eigenvalue weighted by Crippen LogP contribution is 2.45. The number of aryl methyl sites for hydroxylation is 2. The number of ether oxygens (including phenoxy) is 1. The predicted molar refractivity (Wildman–Crippen MR) is 108 cm³/mol. The van der Waals surface area contributed by atoms with Crippen molar-refractivity contribution in [2.24, 2.45) is 0 Å². The maximum absolute atomic E-state index is 13.1. The first kappa shape index (κ1) is 19.0. The van der Waals surface area contributed by atoms with Gasteiger partial charge in [-0.1, -0.05) is 18.2 Å². The maximum atomic E-state index is 13.1. The number of rotatable bonds is 5. The Morgan fingerprint density at radius 2 is 2.00 bits per heavy atom. The fourth-order valence-corrected chi connectivity index (χ4v) is 4.10. The summed E-state index contributed by atoms with van der Waals surface area (Å²) in [5.74, 6) is 0.0529. The minimum atomic E-state index is -0.450. The number of methoxy groups -OCH3 is 1. The molecule has 0 saturated heterocycles. The van der Waals surface area contributed by atoms with Crippen LogP contribution in [0.15, 0.2) is 36.4 Å². The zero-order chi connectivity index (χ0) is 20.7. The normalized spacial score (nSPS) is 15.8. The molecule has 0 aliphatic carbocycles. The van der Waals surface area contributed by atoms with Gasteiger partial charge in [0.1, 0.15) is 22.9 Å². The van der Waals surface area contributed by atoms with Crippen LogP contribution in [0.2, 0.25) is 0 Å². The zero-order valence-corrected chi connectivity index (χ0v) is 16.6. The summed E-state index contributed by atoms with van der Waals surface area (Å²) >= 11 is 0. The molecule has 1 aliphatic rings. The molecule has 0 unspecified atom stereocenters. The first-order valence-electron chi connectivity index (χ1n) is 9.40. The van der Waals surface area contributed by atoms with Gasteiger partial charge in [0.2, 0.25) is 0 Å². The highest BCUT2D eigenvalue weighted by molar-refractivity contribution is 6.00. The highest BCUT2D eigenvalue weighted by atomic mass is 16.5. The molecule has 1 amide bonds. The number of nitrogens with one attached hydrogen (secondary N) is 1. The smallest absolute Gasteiger partial charge is 0.273 e. The third-order valence-corrected chi connectivity index (χ3v) is 5.28. The average molecular weight is 393 g/mol. The van der Waals surface area contributed by atoms with Crippen LogP contribution in [0.1, 0.15) is 38.8 Å². The summed E-state index contributed by atoms with van der Waals surface area (Å²) in [6.07, 6.45) is 0. The number of aromatic hydroxyl groups is 2. The Hall–Kier alpha value is -3.32. The number of H-pyrrole nitrogens is 1. The number of hydrogen-bond donors (Lipinski definition) is 3. The molecule has 2 aromatic carbocycles. The molecule has 3 N–H and O–H groups in total. The Kier molecular flexibility index (Phi) is 4.76. The van der Waals surface area contributed by atoms with Gasteiger partial charge in [0.15, 0.2) is 0 Å². The monoisotopic (exact) mass is 393 g/mol. The molecule has 0 saturated carbocycles. The van der Waals surface area contributed by atoms with Crippen molar-refractivity contribution in [3.05, 3.63) is 64.3 Å². The first-order chi connectivity index (χ1) is 13.9. The lowest BCUT2D eigenvalue weighted by molar-refractivity contribution is 0.0677. The Bertz CT molecular complexity index is 1070.